The monoisotopic (exact) mass is 393 g/mol. The number of hydrazine groups is 1. The lowest BCUT2D eigenvalue weighted by Crippen LogP contribution is -2.55. The van der Waals surface area contributed by atoms with Crippen molar-refractivity contribution >= 4 is 33.2 Å². The first-order valence-corrected chi connectivity index (χ1v) is 10.2. The molecule has 2 heterocycles. The standard InChI is InChI=1S/C22H23N3O2S/c1-5-22(4)25(20(24-27-22)17-11-14(2)10-15(3)12-17)23-21(26)19-13-16-8-6-7-9-18(16)28-19/h6-13H,5H2,1-4H3,(H,23,26). The smallest absolute Gasteiger partial charge is 0.280 e. The average Bonchev–Trinajstić information content (AvgIpc) is 3.23. The molecule has 6 heteroatoms. The molecule has 1 atom stereocenters. The second-order valence-electron chi connectivity index (χ2n) is 7.34. The maximum Gasteiger partial charge on any atom is 0.280 e. The molecule has 0 aliphatic carbocycles. The number of hydrogen-bond donors (Lipinski definition) is 1. The summed E-state index contributed by atoms with van der Waals surface area (Å²) in [5, 5.41) is 7.14. The van der Waals surface area contributed by atoms with E-state index in [1.807, 2.05) is 58.0 Å². The van der Waals surface area contributed by atoms with Gasteiger partial charge in [0.1, 0.15) is 0 Å². The van der Waals surface area contributed by atoms with Crippen LogP contribution in [0.2, 0.25) is 0 Å². The van der Waals surface area contributed by atoms with E-state index in [4.69, 9.17) is 4.84 Å². The second kappa shape index (κ2) is 6.95. The van der Waals surface area contributed by atoms with Crippen molar-refractivity contribution in [2.45, 2.75) is 39.8 Å². The predicted molar refractivity (Wildman–Crippen MR) is 113 cm³/mol. The highest BCUT2D eigenvalue weighted by Crippen LogP contribution is 2.30. The Morgan fingerprint density at radius 2 is 1.89 bits per heavy atom. The number of thiophene rings is 1. The third kappa shape index (κ3) is 3.24. The summed E-state index contributed by atoms with van der Waals surface area (Å²) in [5.41, 5.74) is 5.50. The van der Waals surface area contributed by atoms with Gasteiger partial charge in [-0.15, -0.1) is 11.3 Å². The third-order valence-electron chi connectivity index (χ3n) is 5.01. The van der Waals surface area contributed by atoms with E-state index in [0.29, 0.717) is 17.1 Å². The highest BCUT2D eigenvalue weighted by atomic mass is 32.1. The number of benzene rings is 2. The van der Waals surface area contributed by atoms with Gasteiger partial charge < -0.3 is 4.84 Å². The molecule has 2 aromatic carbocycles. The molecule has 0 fully saturated rings. The highest BCUT2D eigenvalue weighted by Gasteiger charge is 2.42. The van der Waals surface area contributed by atoms with E-state index in [1.165, 1.54) is 11.3 Å². The van der Waals surface area contributed by atoms with Crippen molar-refractivity contribution in [3.05, 3.63) is 70.1 Å². The number of hydrogen-bond acceptors (Lipinski definition) is 5. The molecule has 28 heavy (non-hydrogen) atoms. The summed E-state index contributed by atoms with van der Waals surface area (Å²) in [4.78, 5) is 19.4. The van der Waals surface area contributed by atoms with E-state index in [1.54, 1.807) is 5.01 Å². The number of aryl methyl sites for hydroxylation is 2. The van der Waals surface area contributed by atoms with E-state index in [9.17, 15) is 4.79 Å². The molecule has 0 spiro atoms. The van der Waals surface area contributed by atoms with Crippen LogP contribution < -0.4 is 5.43 Å². The van der Waals surface area contributed by atoms with Crippen LogP contribution in [0.1, 0.15) is 46.6 Å². The average molecular weight is 394 g/mol. The SMILES string of the molecule is CCC1(C)ON=C(c2cc(C)cc(C)c2)N1NC(=O)c1cc2ccccc2s1. The fourth-order valence-electron chi connectivity index (χ4n) is 3.38. The minimum Gasteiger partial charge on any atom is -0.364 e. The van der Waals surface area contributed by atoms with Crippen LogP contribution in [0.3, 0.4) is 0 Å². The van der Waals surface area contributed by atoms with E-state index in [-0.39, 0.29) is 5.91 Å². The van der Waals surface area contributed by atoms with Gasteiger partial charge in [-0.1, -0.05) is 47.5 Å². The van der Waals surface area contributed by atoms with Crippen LogP contribution in [0.5, 0.6) is 0 Å². The first-order valence-electron chi connectivity index (χ1n) is 9.34. The van der Waals surface area contributed by atoms with Crippen molar-refractivity contribution < 1.29 is 9.63 Å². The Morgan fingerprint density at radius 3 is 2.57 bits per heavy atom. The lowest BCUT2D eigenvalue weighted by Gasteiger charge is -2.33. The first kappa shape index (κ1) is 18.5. The second-order valence-corrected chi connectivity index (χ2v) is 8.42. The van der Waals surface area contributed by atoms with Crippen LogP contribution in [0.15, 0.2) is 53.7 Å². The maximum atomic E-state index is 13.0. The van der Waals surface area contributed by atoms with Crippen LogP contribution in [0.4, 0.5) is 0 Å². The summed E-state index contributed by atoms with van der Waals surface area (Å²) < 4.78 is 1.09. The van der Waals surface area contributed by atoms with Crippen LogP contribution >= 0.6 is 11.3 Å². The Morgan fingerprint density at radius 1 is 1.18 bits per heavy atom. The number of amides is 1. The summed E-state index contributed by atoms with van der Waals surface area (Å²) in [6.07, 6.45) is 0.664. The topological polar surface area (TPSA) is 53.9 Å². The number of amidine groups is 1. The molecule has 5 nitrogen and oxygen atoms in total. The summed E-state index contributed by atoms with van der Waals surface area (Å²) in [5.74, 6) is 0.453. The number of rotatable bonds is 4. The molecule has 4 rings (SSSR count). The zero-order valence-electron chi connectivity index (χ0n) is 16.4. The minimum atomic E-state index is -0.737. The van der Waals surface area contributed by atoms with Gasteiger partial charge in [-0.05, 0) is 50.4 Å². The number of nitrogens with one attached hydrogen (secondary N) is 1. The molecule has 1 amide bonds. The van der Waals surface area contributed by atoms with E-state index >= 15 is 0 Å². The van der Waals surface area contributed by atoms with Crippen LogP contribution in [-0.2, 0) is 4.84 Å². The van der Waals surface area contributed by atoms with Crippen molar-refractivity contribution in [2.24, 2.45) is 5.16 Å². The Labute approximate surface area is 168 Å². The molecule has 0 saturated carbocycles. The lowest BCUT2D eigenvalue weighted by molar-refractivity contribution is -0.0992. The molecule has 1 N–H and O–H groups in total. The molecule has 1 aliphatic heterocycles. The predicted octanol–water partition coefficient (Wildman–Crippen LogP) is 4.98. The van der Waals surface area contributed by atoms with Gasteiger partial charge in [-0.25, -0.2) is 5.01 Å². The van der Waals surface area contributed by atoms with E-state index in [2.05, 4.69) is 28.8 Å². The molecule has 0 radical (unpaired) electrons. The fraction of sp³-hybridized carbons (Fsp3) is 0.273. The largest absolute Gasteiger partial charge is 0.364 e. The van der Waals surface area contributed by atoms with Gasteiger partial charge in [0.2, 0.25) is 5.72 Å². The third-order valence-corrected chi connectivity index (χ3v) is 6.13. The van der Waals surface area contributed by atoms with Gasteiger partial charge >= 0.3 is 0 Å². The summed E-state index contributed by atoms with van der Waals surface area (Å²) in [6.45, 7) is 8.04. The summed E-state index contributed by atoms with van der Waals surface area (Å²) in [7, 11) is 0. The molecule has 1 aliphatic rings. The Kier molecular flexibility index (Phi) is 4.59. The number of nitrogens with zero attached hydrogens (tertiary/aromatic N) is 2. The number of oxime groups is 1. The Balaban J connectivity index is 1.67. The molecule has 0 saturated heterocycles. The van der Waals surface area contributed by atoms with Crippen LogP contribution in [0.25, 0.3) is 10.1 Å². The Bertz CT molecular complexity index is 1040. The zero-order chi connectivity index (χ0) is 19.9. The number of carbonyl (C=O) groups excluding carboxylic acids is 1. The van der Waals surface area contributed by atoms with Gasteiger partial charge in [0.25, 0.3) is 5.91 Å². The zero-order valence-corrected chi connectivity index (χ0v) is 17.3. The van der Waals surface area contributed by atoms with Crippen molar-refractivity contribution in [1.29, 1.82) is 0 Å². The fourth-order valence-corrected chi connectivity index (χ4v) is 4.33. The van der Waals surface area contributed by atoms with E-state index in [0.717, 1.165) is 26.8 Å². The summed E-state index contributed by atoms with van der Waals surface area (Å²) >= 11 is 1.48. The Hall–Kier alpha value is -2.86. The minimum absolute atomic E-state index is 0.163. The molecule has 1 aromatic heterocycles. The normalized spacial score (nSPS) is 18.9. The van der Waals surface area contributed by atoms with Crippen molar-refractivity contribution in [1.82, 2.24) is 10.4 Å². The van der Waals surface area contributed by atoms with Gasteiger partial charge in [0.05, 0.1) is 4.88 Å². The molecule has 1 unspecified atom stereocenters. The molecular formula is C22H23N3O2S. The van der Waals surface area contributed by atoms with Crippen molar-refractivity contribution in [2.75, 3.05) is 0 Å². The molecule has 3 aromatic rings. The van der Waals surface area contributed by atoms with Gasteiger partial charge in [0.15, 0.2) is 5.84 Å². The van der Waals surface area contributed by atoms with Gasteiger partial charge in [-0.2, -0.15) is 0 Å². The van der Waals surface area contributed by atoms with Crippen molar-refractivity contribution in [3.63, 3.8) is 0 Å². The quantitative estimate of drug-likeness (QED) is 0.680. The maximum absolute atomic E-state index is 13.0. The molecular weight excluding hydrogens is 370 g/mol. The molecule has 0 bridgehead atoms. The van der Waals surface area contributed by atoms with Crippen LogP contribution in [-0.4, -0.2) is 22.5 Å². The lowest BCUT2D eigenvalue weighted by atomic mass is 10.1. The van der Waals surface area contributed by atoms with Crippen LogP contribution in [0, 0.1) is 13.8 Å². The van der Waals surface area contributed by atoms with E-state index < -0.39 is 5.72 Å². The van der Waals surface area contributed by atoms with Gasteiger partial charge in [-0.3, -0.25) is 10.2 Å². The number of carbonyl (C=O) groups is 1. The van der Waals surface area contributed by atoms with Crippen molar-refractivity contribution in [3.8, 4) is 0 Å². The van der Waals surface area contributed by atoms with Gasteiger partial charge in [0, 0.05) is 16.7 Å². The highest BCUT2D eigenvalue weighted by molar-refractivity contribution is 7.20. The molecule has 144 valence electrons. The summed E-state index contributed by atoms with van der Waals surface area (Å²) in [6, 6.07) is 16.1. The first-order chi connectivity index (χ1) is 13.4. The number of fused-ring (bicyclic) bond motifs is 1.